The largest absolute Gasteiger partial charge is 0.493 e. The average molecular weight is 365 g/mol. The lowest BCUT2D eigenvalue weighted by atomic mass is 10.2. The fraction of sp³-hybridized carbons (Fsp3) is 0.200. The fourth-order valence-corrected chi connectivity index (χ4v) is 2.84. The van der Waals surface area contributed by atoms with Gasteiger partial charge in [0, 0.05) is 6.54 Å². The molecule has 0 atom stereocenters. The third-order valence-corrected chi connectivity index (χ3v) is 4.20. The van der Waals surface area contributed by atoms with Crippen LogP contribution < -0.4 is 19.5 Å². The molecule has 0 radical (unpaired) electrons. The van der Waals surface area contributed by atoms with Crippen molar-refractivity contribution in [3.05, 3.63) is 66.0 Å². The van der Waals surface area contributed by atoms with E-state index in [9.17, 15) is 4.79 Å². The normalized spacial score (nSPS) is 12.5. The summed E-state index contributed by atoms with van der Waals surface area (Å²) in [5.41, 5.74) is 2.00. The summed E-state index contributed by atoms with van der Waals surface area (Å²) < 4.78 is 18.0. The van der Waals surface area contributed by atoms with E-state index in [1.165, 1.54) is 7.11 Å². The molecule has 1 aliphatic heterocycles. The molecule has 4 rings (SSSR count). The Morgan fingerprint density at radius 2 is 1.93 bits per heavy atom. The second kappa shape index (κ2) is 7.41. The summed E-state index contributed by atoms with van der Waals surface area (Å²) in [6, 6.07) is 15.2. The molecule has 0 bridgehead atoms. The first kappa shape index (κ1) is 17.0. The van der Waals surface area contributed by atoms with E-state index in [4.69, 9.17) is 14.2 Å². The van der Waals surface area contributed by atoms with Crippen LogP contribution in [0.25, 0.3) is 5.69 Å². The van der Waals surface area contributed by atoms with Crippen molar-refractivity contribution in [3.63, 3.8) is 0 Å². The number of ether oxygens (including phenoxy) is 3. The molecule has 138 valence electrons. The van der Waals surface area contributed by atoms with E-state index >= 15 is 0 Å². The van der Waals surface area contributed by atoms with Crippen LogP contribution in [0.5, 0.6) is 17.2 Å². The van der Waals surface area contributed by atoms with Crippen molar-refractivity contribution in [2.75, 3.05) is 20.3 Å². The van der Waals surface area contributed by atoms with E-state index in [1.807, 2.05) is 48.5 Å². The highest BCUT2D eigenvalue weighted by atomic mass is 16.6. The summed E-state index contributed by atoms with van der Waals surface area (Å²) in [7, 11) is 1.52. The molecule has 2 heterocycles. The summed E-state index contributed by atoms with van der Waals surface area (Å²) >= 11 is 0. The van der Waals surface area contributed by atoms with Gasteiger partial charge in [0.15, 0.2) is 22.9 Å². The smallest absolute Gasteiger partial charge is 0.275 e. The van der Waals surface area contributed by atoms with Crippen molar-refractivity contribution in [2.45, 2.75) is 6.54 Å². The minimum atomic E-state index is -0.309. The Balaban J connectivity index is 1.49. The third-order valence-electron chi connectivity index (χ3n) is 4.20. The highest BCUT2D eigenvalue weighted by molar-refractivity contribution is 5.94. The lowest BCUT2D eigenvalue weighted by Gasteiger charge is -2.18. The molecule has 0 saturated heterocycles. The number of nitrogens with zero attached hydrogens (tertiary/aromatic N) is 2. The Kier molecular flexibility index (Phi) is 4.65. The molecule has 0 fully saturated rings. The van der Waals surface area contributed by atoms with Crippen LogP contribution in [0.3, 0.4) is 0 Å². The highest BCUT2D eigenvalue weighted by Gasteiger charge is 2.19. The van der Waals surface area contributed by atoms with Crippen LogP contribution in [0.2, 0.25) is 0 Å². The van der Waals surface area contributed by atoms with E-state index in [0.29, 0.717) is 31.3 Å². The van der Waals surface area contributed by atoms with Gasteiger partial charge in [0.1, 0.15) is 13.2 Å². The lowest BCUT2D eigenvalue weighted by molar-refractivity contribution is 0.0942. The van der Waals surface area contributed by atoms with Gasteiger partial charge in [-0.3, -0.25) is 4.79 Å². The molecule has 0 spiro atoms. The Hall–Kier alpha value is -3.48. The van der Waals surface area contributed by atoms with Gasteiger partial charge < -0.3 is 19.5 Å². The molecule has 27 heavy (non-hydrogen) atoms. The maximum absolute atomic E-state index is 12.6. The number of aromatic nitrogens is 2. The molecular formula is C20H19N3O4. The van der Waals surface area contributed by atoms with E-state index in [-0.39, 0.29) is 11.6 Å². The van der Waals surface area contributed by atoms with Gasteiger partial charge >= 0.3 is 0 Å². The maximum atomic E-state index is 12.6. The van der Waals surface area contributed by atoms with Crippen LogP contribution in [0.1, 0.15) is 16.1 Å². The van der Waals surface area contributed by atoms with Gasteiger partial charge in [-0.25, -0.2) is 4.68 Å². The van der Waals surface area contributed by atoms with Crippen molar-refractivity contribution in [3.8, 4) is 22.9 Å². The summed E-state index contributed by atoms with van der Waals surface area (Å²) in [5, 5.41) is 7.24. The molecule has 7 nitrogen and oxygen atoms in total. The zero-order chi connectivity index (χ0) is 18.6. The molecule has 1 aromatic heterocycles. The number of rotatable bonds is 5. The predicted octanol–water partition coefficient (Wildman–Crippen LogP) is 2.58. The van der Waals surface area contributed by atoms with E-state index < -0.39 is 0 Å². The number of carbonyl (C=O) groups excluding carboxylic acids is 1. The van der Waals surface area contributed by atoms with Crippen molar-refractivity contribution in [1.29, 1.82) is 0 Å². The monoisotopic (exact) mass is 365 g/mol. The molecular weight excluding hydrogens is 346 g/mol. The number of hydrogen-bond acceptors (Lipinski definition) is 5. The summed E-state index contributed by atoms with van der Waals surface area (Å²) in [5.74, 6) is 1.52. The molecule has 1 N–H and O–H groups in total. The quantitative estimate of drug-likeness (QED) is 0.752. The number of methoxy groups -OCH3 is 1. The van der Waals surface area contributed by atoms with Gasteiger partial charge in [-0.05, 0) is 29.8 Å². The topological polar surface area (TPSA) is 74.6 Å². The first-order valence-electron chi connectivity index (χ1n) is 8.60. The standard InChI is InChI=1S/C20H19N3O4/c1-25-18-13-23(15-5-3-2-4-6-15)22-19(18)20(24)21-12-14-7-8-16-17(11-14)27-10-9-26-16/h2-8,11,13H,9-10,12H2,1H3,(H,21,24). The number of fused-ring (bicyclic) bond motifs is 1. The highest BCUT2D eigenvalue weighted by Crippen LogP contribution is 2.30. The first-order chi connectivity index (χ1) is 13.2. The van der Waals surface area contributed by atoms with Gasteiger partial charge in [0.05, 0.1) is 19.0 Å². The van der Waals surface area contributed by atoms with Crippen LogP contribution in [-0.2, 0) is 6.54 Å². The van der Waals surface area contributed by atoms with Crippen molar-refractivity contribution in [1.82, 2.24) is 15.1 Å². The van der Waals surface area contributed by atoms with E-state index in [0.717, 1.165) is 17.0 Å². The number of hydrogen-bond donors (Lipinski definition) is 1. The second-order valence-electron chi connectivity index (χ2n) is 5.99. The average Bonchev–Trinajstić information content (AvgIpc) is 3.17. The number of carbonyl (C=O) groups is 1. The Labute approximate surface area is 156 Å². The minimum Gasteiger partial charge on any atom is -0.493 e. The number of benzene rings is 2. The molecule has 0 unspecified atom stereocenters. The van der Waals surface area contributed by atoms with Crippen LogP contribution in [0.4, 0.5) is 0 Å². The summed E-state index contributed by atoms with van der Waals surface area (Å²) in [6.07, 6.45) is 1.69. The minimum absolute atomic E-state index is 0.235. The molecule has 0 saturated carbocycles. The van der Waals surface area contributed by atoms with Gasteiger partial charge in [0.2, 0.25) is 0 Å². The third kappa shape index (κ3) is 3.57. The predicted molar refractivity (Wildman–Crippen MR) is 98.7 cm³/mol. The summed E-state index contributed by atoms with van der Waals surface area (Å²) in [4.78, 5) is 12.6. The SMILES string of the molecule is COc1cn(-c2ccccc2)nc1C(=O)NCc1ccc2c(c1)OCCO2. The second-order valence-corrected chi connectivity index (χ2v) is 5.99. The molecule has 0 aliphatic carbocycles. The van der Waals surface area contributed by atoms with Gasteiger partial charge in [-0.2, -0.15) is 5.10 Å². The molecule has 1 amide bonds. The lowest BCUT2D eigenvalue weighted by Crippen LogP contribution is -2.24. The van der Waals surface area contributed by atoms with E-state index in [1.54, 1.807) is 10.9 Å². The van der Waals surface area contributed by atoms with E-state index in [2.05, 4.69) is 10.4 Å². The molecule has 1 aliphatic rings. The molecule has 7 heteroatoms. The number of nitrogens with one attached hydrogen (secondary N) is 1. The number of amides is 1. The molecule has 3 aromatic rings. The Morgan fingerprint density at radius 3 is 2.70 bits per heavy atom. The Morgan fingerprint density at radius 1 is 1.15 bits per heavy atom. The van der Waals surface area contributed by atoms with Crippen molar-refractivity contribution >= 4 is 5.91 Å². The first-order valence-corrected chi connectivity index (χ1v) is 8.60. The van der Waals surface area contributed by atoms with Crippen LogP contribution in [-0.4, -0.2) is 36.0 Å². The van der Waals surface area contributed by atoms with Gasteiger partial charge in [-0.15, -0.1) is 0 Å². The fourth-order valence-electron chi connectivity index (χ4n) is 2.84. The molecule has 2 aromatic carbocycles. The Bertz CT molecular complexity index is 953. The van der Waals surface area contributed by atoms with Gasteiger partial charge in [0.25, 0.3) is 5.91 Å². The maximum Gasteiger partial charge on any atom is 0.275 e. The zero-order valence-corrected chi connectivity index (χ0v) is 14.8. The van der Waals surface area contributed by atoms with Crippen LogP contribution >= 0.6 is 0 Å². The van der Waals surface area contributed by atoms with Crippen LogP contribution in [0, 0.1) is 0 Å². The zero-order valence-electron chi connectivity index (χ0n) is 14.8. The number of para-hydroxylation sites is 1. The van der Waals surface area contributed by atoms with Crippen LogP contribution in [0.15, 0.2) is 54.7 Å². The van der Waals surface area contributed by atoms with Crippen molar-refractivity contribution in [2.24, 2.45) is 0 Å². The van der Waals surface area contributed by atoms with Crippen molar-refractivity contribution < 1.29 is 19.0 Å². The van der Waals surface area contributed by atoms with Gasteiger partial charge in [-0.1, -0.05) is 24.3 Å². The summed E-state index contributed by atoms with van der Waals surface area (Å²) in [6.45, 7) is 1.42.